The molecule has 1 heterocycles. The molecule has 0 bridgehead atoms. The molecule has 144 valence electrons. The van der Waals surface area contributed by atoms with Gasteiger partial charge in [0.15, 0.2) is 0 Å². The molecule has 1 aliphatic rings. The van der Waals surface area contributed by atoms with Gasteiger partial charge in [-0.05, 0) is 31.1 Å². The number of rotatable bonds is 8. The van der Waals surface area contributed by atoms with E-state index >= 15 is 0 Å². The summed E-state index contributed by atoms with van der Waals surface area (Å²) in [7, 11) is 0. The molecule has 1 saturated heterocycles. The lowest BCUT2D eigenvalue weighted by Gasteiger charge is -2.36. The second-order valence-electron chi connectivity index (χ2n) is 7.75. The lowest BCUT2D eigenvalue weighted by Crippen LogP contribution is -2.54. The highest BCUT2D eigenvalue weighted by Gasteiger charge is 2.34. The molecule has 1 fully saturated rings. The zero-order chi connectivity index (χ0) is 19.0. The summed E-state index contributed by atoms with van der Waals surface area (Å²) in [5, 5.41) is 5.85. The highest BCUT2D eigenvalue weighted by molar-refractivity contribution is 5.88. The van der Waals surface area contributed by atoms with E-state index in [1.165, 1.54) is 0 Å². The van der Waals surface area contributed by atoms with Gasteiger partial charge in [0, 0.05) is 32.0 Å². The number of hydrogen-bond acceptors (Lipinski definition) is 3. The normalized spacial score (nSPS) is 16.8. The maximum atomic E-state index is 12.5. The Hall–Kier alpha value is -1.59. The minimum atomic E-state index is -0.505. The Morgan fingerprint density at radius 3 is 2.16 bits per heavy atom. The van der Waals surface area contributed by atoms with E-state index in [2.05, 4.69) is 10.6 Å². The van der Waals surface area contributed by atoms with Crippen LogP contribution in [0.15, 0.2) is 0 Å². The van der Waals surface area contributed by atoms with Crippen molar-refractivity contribution in [2.75, 3.05) is 19.6 Å². The summed E-state index contributed by atoms with van der Waals surface area (Å²) in [5.41, 5.74) is 0. The van der Waals surface area contributed by atoms with E-state index in [0.717, 1.165) is 19.3 Å². The van der Waals surface area contributed by atoms with Crippen molar-refractivity contribution in [3.63, 3.8) is 0 Å². The summed E-state index contributed by atoms with van der Waals surface area (Å²) in [6.07, 6.45) is 2.76. The van der Waals surface area contributed by atoms with Crippen molar-refractivity contribution in [3.05, 3.63) is 0 Å². The molecule has 0 radical (unpaired) electrons. The molecule has 0 spiro atoms. The van der Waals surface area contributed by atoms with Crippen molar-refractivity contribution in [3.8, 4) is 0 Å². The van der Waals surface area contributed by atoms with E-state index < -0.39 is 6.04 Å². The molecule has 25 heavy (non-hydrogen) atoms. The molecule has 1 atom stereocenters. The van der Waals surface area contributed by atoms with E-state index in [1.807, 2.05) is 39.5 Å². The zero-order valence-corrected chi connectivity index (χ0v) is 16.4. The lowest BCUT2D eigenvalue weighted by molar-refractivity contribution is -0.137. The third-order valence-electron chi connectivity index (χ3n) is 4.56. The van der Waals surface area contributed by atoms with Gasteiger partial charge in [-0.1, -0.05) is 34.6 Å². The van der Waals surface area contributed by atoms with Crippen molar-refractivity contribution in [1.29, 1.82) is 0 Å². The van der Waals surface area contributed by atoms with E-state index in [9.17, 15) is 14.4 Å². The number of amides is 3. The maximum absolute atomic E-state index is 12.5. The first-order chi connectivity index (χ1) is 11.8. The van der Waals surface area contributed by atoms with Crippen LogP contribution in [0, 0.1) is 17.8 Å². The third kappa shape index (κ3) is 7.04. The monoisotopic (exact) mass is 353 g/mol. The summed E-state index contributed by atoms with van der Waals surface area (Å²) in [5.74, 6) is 0.300. The molecule has 0 saturated carbocycles. The Morgan fingerprint density at radius 1 is 1.08 bits per heavy atom. The van der Waals surface area contributed by atoms with E-state index in [0.29, 0.717) is 26.1 Å². The molecule has 0 aliphatic carbocycles. The van der Waals surface area contributed by atoms with Crippen molar-refractivity contribution < 1.29 is 14.4 Å². The number of nitrogens with zero attached hydrogens (tertiary/aromatic N) is 1. The lowest BCUT2D eigenvalue weighted by atomic mass is 9.88. The van der Waals surface area contributed by atoms with Gasteiger partial charge >= 0.3 is 0 Å². The molecule has 1 rings (SSSR count). The quantitative estimate of drug-likeness (QED) is 0.700. The number of piperidine rings is 1. The average Bonchev–Trinajstić information content (AvgIpc) is 2.56. The highest BCUT2D eigenvalue weighted by atomic mass is 16.2. The smallest absolute Gasteiger partial charge is 0.242 e. The van der Waals surface area contributed by atoms with E-state index in [-0.39, 0.29) is 35.5 Å². The van der Waals surface area contributed by atoms with Crippen LogP contribution in [0.4, 0.5) is 0 Å². The van der Waals surface area contributed by atoms with Crippen molar-refractivity contribution in [2.45, 2.75) is 66.3 Å². The van der Waals surface area contributed by atoms with Crippen molar-refractivity contribution in [2.24, 2.45) is 17.8 Å². The van der Waals surface area contributed by atoms with Crippen LogP contribution in [0.5, 0.6) is 0 Å². The predicted octanol–water partition coefficient (Wildman–Crippen LogP) is 1.94. The number of carbonyl (C=O) groups is 3. The third-order valence-corrected chi connectivity index (χ3v) is 4.56. The Morgan fingerprint density at radius 2 is 1.68 bits per heavy atom. The zero-order valence-electron chi connectivity index (χ0n) is 16.4. The fourth-order valence-electron chi connectivity index (χ4n) is 3.18. The number of likely N-dealkylation sites (tertiary alicyclic amines) is 1. The standard InChI is InChI=1S/C19H35N3O3/c1-6-9-20-18(24)17(21-16(23)12-13(2)3)15-7-10-22(11-8-15)19(25)14(4)5/h13-15,17H,6-12H2,1-5H3,(H,20,24)(H,21,23). The topological polar surface area (TPSA) is 78.5 Å². The molecule has 1 unspecified atom stereocenters. The van der Waals surface area contributed by atoms with Gasteiger partial charge in [-0.2, -0.15) is 0 Å². The first kappa shape index (κ1) is 21.5. The molecule has 0 aromatic rings. The van der Waals surface area contributed by atoms with Crippen LogP contribution in [0.25, 0.3) is 0 Å². The predicted molar refractivity (Wildman–Crippen MR) is 98.8 cm³/mol. The Balaban J connectivity index is 2.71. The highest BCUT2D eigenvalue weighted by Crippen LogP contribution is 2.22. The van der Waals surface area contributed by atoms with Crippen LogP contribution >= 0.6 is 0 Å². The van der Waals surface area contributed by atoms with Crippen LogP contribution in [0.3, 0.4) is 0 Å². The minimum Gasteiger partial charge on any atom is -0.354 e. The van der Waals surface area contributed by atoms with Gasteiger partial charge in [-0.3, -0.25) is 14.4 Å². The summed E-state index contributed by atoms with van der Waals surface area (Å²) in [6, 6.07) is -0.505. The van der Waals surface area contributed by atoms with Crippen LogP contribution in [0.2, 0.25) is 0 Å². The van der Waals surface area contributed by atoms with Gasteiger partial charge in [-0.15, -0.1) is 0 Å². The second kappa shape index (κ2) is 10.4. The first-order valence-corrected chi connectivity index (χ1v) is 9.62. The SMILES string of the molecule is CCCNC(=O)C(NC(=O)CC(C)C)C1CCN(C(=O)C(C)C)CC1. The van der Waals surface area contributed by atoms with Crippen molar-refractivity contribution in [1.82, 2.24) is 15.5 Å². The number of hydrogen-bond donors (Lipinski definition) is 2. The Kier molecular flexibility index (Phi) is 8.93. The Bertz CT molecular complexity index is 455. The van der Waals surface area contributed by atoms with Crippen LogP contribution in [-0.2, 0) is 14.4 Å². The van der Waals surface area contributed by atoms with Crippen LogP contribution in [0.1, 0.15) is 60.3 Å². The Labute approximate surface area is 152 Å². The van der Waals surface area contributed by atoms with Gasteiger partial charge in [0.2, 0.25) is 17.7 Å². The van der Waals surface area contributed by atoms with Gasteiger partial charge in [0.05, 0.1) is 0 Å². The molecular formula is C19H35N3O3. The van der Waals surface area contributed by atoms with Gasteiger partial charge < -0.3 is 15.5 Å². The second-order valence-corrected chi connectivity index (χ2v) is 7.75. The molecule has 3 amide bonds. The molecule has 0 aromatic carbocycles. The van der Waals surface area contributed by atoms with Gasteiger partial charge in [-0.25, -0.2) is 0 Å². The van der Waals surface area contributed by atoms with Crippen molar-refractivity contribution >= 4 is 17.7 Å². The number of nitrogens with one attached hydrogen (secondary N) is 2. The van der Waals surface area contributed by atoms with Gasteiger partial charge in [0.1, 0.15) is 6.04 Å². The molecular weight excluding hydrogens is 318 g/mol. The van der Waals surface area contributed by atoms with E-state index in [1.54, 1.807) is 0 Å². The average molecular weight is 354 g/mol. The van der Waals surface area contributed by atoms with E-state index in [4.69, 9.17) is 0 Å². The molecule has 1 aliphatic heterocycles. The fourth-order valence-corrected chi connectivity index (χ4v) is 3.18. The minimum absolute atomic E-state index is 0.00838. The fraction of sp³-hybridized carbons (Fsp3) is 0.842. The largest absolute Gasteiger partial charge is 0.354 e. The number of carbonyl (C=O) groups excluding carboxylic acids is 3. The molecule has 0 aromatic heterocycles. The van der Waals surface area contributed by atoms with Crippen LogP contribution in [-0.4, -0.2) is 48.3 Å². The summed E-state index contributed by atoms with van der Waals surface area (Å²) in [6.45, 7) is 11.7. The summed E-state index contributed by atoms with van der Waals surface area (Å²) >= 11 is 0. The summed E-state index contributed by atoms with van der Waals surface area (Å²) in [4.78, 5) is 38.7. The summed E-state index contributed by atoms with van der Waals surface area (Å²) < 4.78 is 0. The van der Waals surface area contributed by atoms with Gasteiger partial charge in [0.25, 0.3) is 0 Å². The maximum Gasteiger partial charge on any atom is 0.242 e. The molecule has 2 N–H and O–H groups in total. The first-order valence-electron chi connectivity index (χ1n) is 9.62. The van der Waals surface area contributed by atoms with Crippen LogP contribution < -0.4 is 10.6 Å². The molecule has 6 nitrogen and oxygen atoms in total. The molecule has 6 heteroatoms.